The van der Waals surface area contributed by atoms with Gasteiger partial charge in [0.25, 0.3) is 12.3 Å². The Morgan fingerprint density at radius 3 is 2.39 bits per heavy atom. The monoisotopic (exact) mass is 842 g/mol. The van der Waals surface area contributed by atoms with E-state index in [-0.39, 0.29) is 41.8 Å². The van der Waals surface area contributed by atoms with Crippen molar-refractivity contribution in [2.45, 2.75) is 94.8 Å². The highest BCUT2D eigenvalue weighted by atomic mass is 19.3. The molecule has 10 nitrogen and oxygen atoms in total. The molecule has 0 bridgehead atoms. The number of ether oxygens (including phenoxy) is 1. The molecule has 3 saturated heterocycles. The van der Waals surface area contributed by atoms with Crippen LogP contribution in [-0.4, -0.2) is 104 Å². The Hall–Kier alpha value is -4.95. The van der Waals surface area contributed by atoms with Gasteiger partial charge < -0.3 is 24.8 Å². The summed E-state index contributed by atoms with van der Waals surface area (Å²) in [6.45, 7) is 10.1. The van der Waals surface area contributed by atoms with E-state index >= 15 is 8.78 Å². The van der Waals surface area contributed by atoms with Crippen molar-refractivity contribution in [2.24, 2.45) is 5.92 Å². The average molecular weight is 843 g/mol. The first kappa shape index (κ1) is 41.4. The highest BCUT2D eigenvalue weighted by Crippen LogP contribution is 2.50. The van der Waals surface area contributed by atoms with Gasteiger partial charge in [-0.2, -0.15) is 0 Å². The van der Waals surface area contributed by atoms with Gasteiger partial charge in [-0.05, 0) is 106 Å². The molecule has 2 unspecified atom stereocenters. The molecule has 0 saturated carbocycles. The zero-order chi connectivity index (χ0) is 42.7. The predicted octanol–water partition coefficient (Wildman–Crippen LogP) is 7.04. The number of imide groups is 1. The lowest BCUT2D eigenvalue weighted by atomic mass is 9.68. The molecule has 3 fully saturated rings. The van der Waals surface area contributed by atoms with Crippen LogP contribution in [0.3, 0.4) is 0 Å². The van der Waals surface area contributed by atoms with Gasteiger partial charge in [-0.25, -0.2) is 17.6 Å². The lowest BCUT2D eigenvalue weighted by Crippen LogP contribution is -2.52. The number of hydrogen-bond donors (Lipinski definition) is 2. The van der Waals surface area contributed by atoms with Crippen molar-refractivity contribution in [2.75, 3.05) is 63.1 Å². The second-order valence-electron chi connectivity index (χ2n) is 17.9. The SMILES string of the molecule is C=Cc1c(NC)ccc2c1C[C@@H](C)N(CC(F)F)C2c1c(F)cc(N2CCC(CN3CCC4(CCOc5c4ccc4c5CN(C5CCC(=O)NC5=O)C4=O)CC3)CC2)cc1F. The number of likely N-dealkylation sites (tertiary alicyclic amines) is 1. The van der Waals surface area contributed by atoms with E-state index in [0.717, 1.165) is 85.4 Å². The maximum atomic E-state index is 16.4. The number of fused-ring (bicyclic) bond motifs is 5. The molecule has 3 atom stereocenters. The van der Waals surface area contributed by atoms with Gasteiger partial charge >= 0.3 is 0 Å². The first-order valence-corrected chi connectivity index (χ1v) is 21.8. The second-order valence-corrected chi connectivity index (χ2v) is 17.9. The van der Waals surface area contributed by atoms with Gasteiger partial charge in [-0.1, -0.05) is 24.8 Å². The van der Waals surface area contributed by atoms with Gasteiger partial charge in [0.05, 0.1) is 25.7 Å². The Morgan fingerprint density at radius 2 is 1.72 bits per heavy atom. The second kappa shape index (κ2) is 16.4. The van der Waals surface area contributed by atoms with E-state index in [1.54, 1.807) is 24.1 Å². The van der Waals surface area contributed by atoms with Gasteiger partial charge in [-0.15, -0.1) is 0 Å². The number of carbonyl (C=O) groups excluding carboxylic acids is 3. The predicted molar refractivity (Wildman–Crippen MR) is 225 cm³/mol. The summed E-state index contributed by atoms with van der Waals surface area (Å²) in [5, 5.41) is 5.52. The number of nitrogens with one attached hydrogen (secondary N) is 2. The molecule has 14 heteroatoms. The van der Waals surface area contributed by atoms with Crippen molar-refractivity contribution < 1.29 is 36.7 Å². The lowest BCUT2D eigenvalue weighted by Gasteiger charge is -2.46. The van der Waals surface area contributed by atoms with Gasteiger partial charge in [0.1, 0.15) is 23.4 Å². The molecular weight excluding hydrogens is 789 g/mol. The van der Waals surface area contributed by atoms with Crippen molar-refractivity contribution in [3.8, 4) is 5.75 Å². The minimum absolute atomic E-state index is 0.0638. The molecule has 2 N–H and O–H groups in total. The molecule has 6 aliphatic rings. The van der Waals surface area contributed by atoms with Crippen LogP contribution in [0.2, 0.25) is 0 Å². The number of benzene rings is 3. The summed E-state index contributed by atoms with van der Waals surface area (Å²) in [4.78, 5) is 45.5. The topological polar surface area (TPSA) is 97.5 Å². The fraction of sp³-hybridized carbons (Fsp3) is 0.511. The summed E-state index contributed by atoms with van der Waals surface area (Å²) < 4.78 is 67.0. The third-order valence-corrected chi connectivity index (χ3v) is 14.6. The standard InChI is InChI=1S/C47H54F4N6O4/c1-4-30-33-21-27(2)56(26-40(50)51)43(31(33)6-8-38(30)52-3)42-36(48)22-29(23-37(42)49)55-16-11-28(12-17-55)24-54-18-13-47(14-19-54)15-20-61-44-34-25-57(39-9-10-41(58)53-45(39)59)46(60)32(34)5-7-35(44)47/h4-8,22-23,27-28,39-40,43,52H,1,9-21,24-26H2,2-3H3,(H,53,58,59)/t27-,39?,43?/m1/s1. The highest BCUT2D eigenvalue weighted by molar-refractivity contribution is 6.05. The number of carbonyl (C=O) groups is 3. The molecule has 3 amide bonds. The number of amides is 3. The maximum Gasteiger partial charge on any atom is 0.255 e. The van der Waals surface area contributed by atoms with Crippen molar-refractivity contribution in [1.29, 1.82) is 0 Å². The van der Waals surface area contributed by atoms with Crippen molar-refractivity contribution in [3.05, 3.63) is 93.6 Å². The van der Waals surface area contributed by atoms with Crippen LogP contribution in [0.1, 0.15) is 102 Å². The third kappa shape index (κ3) is 7.36. The number of anilines is 2. The molecule has 0 aliphatic carbocycles. The lowest BCUT2D eigenvalue weighted by molar-refractivity contribution is -0.136. The highest BCUT2D eigenvalue weighted by Gasteiger charge is 2.46. The first-order valence-electron chi connectivity index (χ1n) is 21.8. The molecule has 3 aromatic carbocycles. The van der Waals surface area contributed by atoms with Gasteiger partial charge in [0.2, 0.25) is 11.8 Å². The summed E-state index contributed by atoms with van der Waals surface area (Å²) in [5.74, 6) is -1.20. The largest absolute Gasteiger partial charge is 0.493 e. The molecule has 61 heavy (non-hydrogen) atoms. The third-order valence-electron chi connectivity index (χ3n) is 14.6. The van der Waals surface area contributed by atoms with Crippen LogP contribution in [-0.2, 0) is 28.0 Å². The van der Waals surface area contributed by atoms with Crippen LogP contribution in [0, 0.1) is 17.6 Å². The first-order chi connectivity index (χ1) is 29.4. The molecule has 0 radical (unpaired) electrons. The molecular formula is C47H54F4N6O4. The van der Waals surface area contributed by atoms with Crippen LogP contribution in [0.25, 0.3) is 6.08 Å². The van der Waals surface area contributed by atoms with Gasteiger partial charge in [0, 0.05) is 83.8 Å². The quantitative estimate of drug-likeness (QED) is 0.175. The van der Waals surface area contributed by atoms with E-state index in [2.05, 4.69) is 28.2 Å². The summed E-state index contributed by atoms with van der Waals surface area (Å²) in [6.07, 6.45) is 4.57. The van der Waals surface area contributed by atoms with Gasteiger partial charge in [0.15, 0.2) is 0 Å². The Bertz CT molecular complexity index is 2230. The van der Waals surface area contributed by atoms with Crippen LogP contribution in [0.4, 0.5) is 28.9 Å². The molecule has 1 spiro atoms. The zero-order valence-corrected chi connectivity index (χ0v) is 34.9. The molecule has 6 aliphatic heterocycles. The number of rotatable bonds is 9. The van der Waals surface area contributed by atoms with E-state index in [1.807, 2.05) is 24.0 Å². The molecule has 0 aromatic heterocycles. The summed E-state index contributed by atoms with van der Waals surface area (Å²) >= 11 is 0. The Morgan fingerprint density at radius 1 is 0.984 bits per heavy atom. The van der Waals surface area contributed by atoms with E-state index < -0.39 is 42.6 Å². The number of halogens is 4. The summed E-state index contributed by atoms with van der Waals surface area (Å²) in [7, 11) is 1.79. The fourth-order valence-electron chi connectivity index (χ4n) is 11.3. The summed E-state index contributed by atoms with van der Waals surface area (Å²) in [6, 6.07) is 8.22. The molecule has 3 aromatic rings. The number of hydrogen-bond acceptors (Lipinski definition) is 8. The molecule has 324 valence electrons. The number of piperidine rings is 3. The Labute approximate surface area is 354 Å². The van der Waals surface area contributed by atoms with Crippen LogP contribution < -0.4 is 20.3 Å². The van der Waals surface area contributed by atoms with Gasteiger partial charge in [-0.3, -0.25) is 24.6 Å². The van der Waals surface area contributed by atoms with Crippen LogP contribution in [0.15, 0.2) is 43.0 Å². The maximum absolute atomic E-state index is 16.4. The fourth-order valence-corrected chi connectivity index (χ4v) is 11.3. The Balaban J connectivity index is 0.848. The van der Waals surface area contributed by atoms with E-state index in [1.165, 1.54) is 17.0 Å². The van der Waals surface area contributed by atoms with E-state index in [9.17, 15) is 23.2 Å². The normalized spacial score (nSPS) is 24.4. The Kier molecular flexibility index (Phi) is 11.1. The van der Waals surface area contributed by atoms with E-state index in [4.69, 9.17) is 4.74 Å². The van der Waals surface area contributed by atoms with Crippen LogP contribution in [0.5, 0.6) is 5.75 Å². The number of nitrogens with zero attached hydrogens (tertiary/aromatic N) is 4. The summed E-state index contributed by atoms with van der Waals surface area (Å²) in [5.41, 5.74) is 5.84. The minimum Gasteiger partial charge on any atom is -0.493 e. The van der Waals surface area contributed by atoms with Crippen molar-refractivity contribution in [1.82, 2.24) is 20.0 Å². The molecule has 6 heterocycles. The number of alkyl halides is 2. The smallest absolute Gasteiger partial charge is 0.255 e. The minimum atomic E-state index is -2.67. The van der Waals surface area contributed by atoms with Crippen LogP contribution >= 0.6 is 0 Å². The van der Waals surface area contributed by atoms with E-state index in [0.29, 0.717) is 55.3 Å². The average Bonchev–Trinajstić information content (AvgIpc) is 3.58. The molecule has 9 rings (SSSR count). The van der Waals surface area contributed by atoms with Crippen molar-refractivity contribution >= 4 is 35.2 Å². The zero-order valence-electron chi connectivity index (χ0n) is 34.9. The van der Waals surface area contributed by atoms with Crippen molar-refractivity contribution in [3.63, 3.8) is 0 Å².